The third-order valence-corrected chi connectivity index (χ3v) is 7.74. The molecule has 3 N–H and O–H groups in total. The monoisotopic (exact) mass is 782 g/mol. The van der Waals surface area contributed by atoms with Gasteiger partial charge in [-0.3, -0.25) is 14.1 Å². The Hall–Kier alpha value is -3.85. The largest absolute Gasteiger partial charge is 0.469 e. The smallest absolute Gasteiger partial charge is 0.462 e. The number of carbonyl (C=O) groups is 2. The van der Waals surface area contributed by atoms with Gasteiger partial charge in [-0.1, -0.05) is 148 Å². The number of aliphatic hydroxyl groups is 1. The lowest BCUT2D eigenvalue weighted by molar-refractivity contribution is -0.161. The van der Waals surface area contributed by atoms with Crippen molar-refractivity contribution in [3.05, 3.63) is 134 Å². The highest BCUT2D eigenvalue weighted by Crippen LogP contribution is 2.35. The molecule has 0 bridgehead atoms. The van der Waals surface area contributed by atoms with Crippen molar-refractivity contribution in [3.8, 4) is 0 Å². The van der Waals surface area contributed by atoms with Crippen LogP contribution in [0.1, 0.15) is 110 Å². The summed E-state index contributed by atoms with van der Waals surface area (Å²) in [6.07, 6.45) is 53.5. The summed E-state index contributed by atoms with van der Waals surface area (Å²) in [6.45, 7) is 3.23. The van der Waals surface area contributed by atoms with Gasteiger partial charge in [0, 0.05) is 12.8 Å². The van der Waals surface area contributed by atoms with E-state index in [2.05, 4.69) is 103 Å². The second kappa shape index (κ2) is 38.4. The Bertz CT molecular complexity index is 1360. The van der Waals surface area contributed by atoms with E-state index >= 15 is 0 Å². The van der Waals surface area contributed by atoms with Gasteiger partial charge >= 0.3 is 19.8 Å². The lowest BCUT2D eigenvalue weighted by Crippen LogP contribution is -2.29. The Kier molecular flexibility index (Phi) is 35.7. The van der Waals surface area contributed by atoms with E-state index < -0.39 is 38.6 Å². The molecule has 0 aromatic rings. The van der Waals surface area contributed by atoms with E-state index in [4.69, 9.17) is 19.3 Å². The topological polar surface area (TPSA) is 140 Å². The van der Waals surface area contributed by atoms with Crippen LogP contribution in [0.3, 0.4) is 0 Å². The zero-order valence-corrected chi connectivity index (χ0v) is 34.0. The first-order chi connectivity index (χ1) is 26.7. The summed E-state index contributed by atoms with van der Waals surface area (Å²) in [7, 11) is -4.83. The molecule has 0 radical (unpaired) electrons. The lowest BCUT2D eigenvalue weighted by Gasteiger charge is -2.18. The molecule has 0 fully saturated rings. The molecular weight excluding hydrogens is 715 g/mol. The van der Waals surface area contributed by atoms with Crippen molar-refractivity contribution >= 4 is 19.8 Å². The predicted molar refractivity (Wildman–Crippen MR) is 226 cm³/mol. The van der Waals surface area contributed by atoms with Crippen molar-refractivity contribution < 1.29 is 43.0 Å². The van der Waals surface area contributed by atoms with Crippen molar-refractivity contribution in [2.75, 3.05) is 13.2 Å². The van der Waals surface area contributed by atoms with Crippen LogP contribution in [0, 0.1) is 0 Å². The molecule has 0 saturated heterocycles. The minimum absolute atomic E-state index is 0.0159. The highest BCUT2D eigenvalue weighted by atomic mass is 31.2. The number of hydrogen-bond donors (Lipinski definition) is 3. The molecule has 0 aliphatic heterocycles. The lowest BCUT2D eigenvalue weighted by atomic mass is 10.2. The third-order valence-electron chi connectivity index (χ3n) is 7.26. The van der Waals surface area contributed by atoms with Crippen LogP contribution in [0.25, 0.3) is 0 Å². The predicted octanol–water partition coefficient (Wildman–Crippen LogP) is 10.9. The summed E-state index contributed by atoms with van der Waals surface area (Å²) < 4.78 is 26.2. The zero-order chi connectivity index (χ0) is 40.5. The van der Waals surface area contributed by atoms with E-state index in [1.54, 1.807) is 24.3 Å². The summed E-state index contributed by atoms with van der Waals surface area (Å²) in [5.74, 6) is -1.15. The third kappa shape index (κ3) is 41.2. The van der Waals surface area contributed by atoms with Crippen molar-refractivity contribution in [2.24, 2.45) is 0 Å². The first-order valence-corrected chi connectivity index (χ1v) is 21.1. The van der Waals surface area contributed by atoms with Crippen molar-refractivity contribution in [1.82, 2.24) is 0 Å². The van der Waals surface area contributed by atoms with E-state index in [0.717, 1.165) is 57.8 Å². The Labute approximate surface area is 331 Å². The molecule has 10 heteroatoms. The van der Waals surface area contributed by atoms with Crippen LogP contribution in [0.4, 0.5) is 0 Å². The molecule has 0 aliphatic rings. The molecular formula is C45H67O9P. The minimum atomic E-state index is -4.83. The van der Waals surface area contributed by atoms with Gasteiger partial charge in [0.1, 0.15) is 6.61 Å². The van der Waals surface area contributed by atoms with Gasteiger partial charge in [-0.05, 0) is 83.5 Å². The van der Waals surface area contributed by atoms with Gasteiger partial charge < -0.3 is 24.4 Å². The van der Waals surface area contributed by atoms with E-state index in [1.165, 1.54) is 0 Å². The molecule has 55 heavy (non-hydrogen) atoms. The van der Waals surface area contributed by atoms with E-state index in [1.807, 2.05) is 24.3 Å². The fourth-order valence-corrected chi connectivity index (χ4v) is 4.76. The summed E-state index contributed by atoms with van der Waals surface area (Å²) in [5, 5.41) is 10.1. The van der Waals surface area contributed by atoms with Crippen molar-refractivity contribution in [1.29, 1.82) is 0 Å². The second-order valence-electron chi connectivity index (χ2n) is 12.3. The standard InChI is InChI=1S/C45H67O9P/c1-3-5-7-9-11-13-15-17-18-19-20-22-24-26-28-30-34-38-44(47)52-40-43(41-53-55(49,50)51)54-45(48)39-35-31-33-37-42(46)36-32-29-27-25-23-21-16-14-12-10-8-6-4-2/h5-8,11-14,17-18,20-23,26-29,31-33,36,42-43,46H,3-4,9-10,15-16,19,24-25,30,34-35,37-41H2,1-2H3,(H2,49,50,51)/b7-5-,8-6-,13-11-,14-12-,18-17-,22-20-,23-21-,28-26-,29-27-,33-31-,36-32-/t42?,43-/m1/s1. The maximum absolute atomic E-state index is 12.4. The molecule has 9 nitrogen and oxygen atoms in total. The number of phosphoric ester groups is 1. The number of unbranched alkanes of at least 4 members (excludes halogenated alkanes) is 1. The number of phosphoric acid groups is 1. The Balaban J connectivity index is 4.32. The van der Waals surface area contributed by atoms with Gasteiger partial charge in [-0.2, -0.15) is 0 Å². The van der Waals surface area contributed by atoms with Crippen LogP contribution >= 0.6 is 7.82 Å². The molecule has 0 aromatic carbocycles. The molecule has 1 unspecified atom stereocenters. The molecule has 0 rings (SSSR count). The highest BCUT2D eigenvalue weighted by Gasteiger charge is 2.22. The number of carbonyl (C=O) groups excluding carboxylic acids is 2. The van der Waals surface area contributed by atoms with E-state index in [-0.39, 0.29) is 19.4 Å². The maximum atomic E-state index is 12.4. The van der Waals surface area contributed by atoms with Crippen LogP contribution in [0.2, 0.25) is 0 Å². The van der Waals surface area contributed by atoms with Crippen molar-refractivity contribution in [2.45, 2.75) is 122 Å². The maximum Gasteiger partial charge on any atom is 0.469 e. The molecule has 306 valence electrons. The van der Waals surface area contributed by atoms with Crippen LogP contribution in [-0.4, -0.2) is 52.3 Å². The fraction of sp³-hybridized carbons (Fsp3) is 0.467. The quantitative estimate of drug-likeness (QED) is 0.0195. The second-order valence-corrected chi connectivity index (χ2v) is 13.6. The summed E-state index contributed by atoms with van der Waals surface area (Å²) in [5.41, 5.74) is 0. The molecule has 0 aliphatic carbocycles. The van der Waals surface area contributed by atoms with Gasteiger partial charge in [0.2, 0.25) is 0 Å². The van der Waals surface area contributed by atoms with Crippen LogP contribution in [0.15, 0.2) is 134 Å². The highest BCUT2D eigenvalue weighted by molar-refractivity contribution is 7.46. The summed E-state index contributed by atoms with van der Waals surface area (Å²) in [6, 6.07) is 0. The van der Waals surface area contributed by atoms with Gasteiger partial charge in [0.05, 0.1) is 12.7 Å². The Morgan fingerprint density at radius 3 is 1.55 bits per heavy atom. The van der Waals surface area contributed by atoms with Gasteiger partial charge in [0.15, 0.2) is 6.10 Å². The SMILES string of the molecule is CC/C=C\C/C=C\C/C=C\C/C=C\C=C/C(O)C/C=C\CCC(=O)O[C@H](COC(=O)CCC/C=C\C/C=C\C/C=C\C/C=C\C/C=C\CC)COP(=O)(O)O. The van der Waals surface area contributed by atoms with Crippen molar-refractivity contribution in [3.63, 3.8) is 0 Å². The molecule has 0 amide bonds. The minimum Gasteiger partial charge on any atom is -0.462 e. The Morgan fingerprint density at radius 2 is 1.04 bits per heavy atom. The molecule has 2 atom stereocenters. The van der Waals surface area contributed by atoms with Crippen LogP contribution < -0.4 is 0 Å². The van der Waals surface area contributed by atoms with E-state index in [0.29, 0.717) is 25.7 Å². The van der Waals surface area contributed by atoms with Gasteiger partial charge in [-0.25, -0.2) is 4.57 Å². The van der Waals surface area contributed by atoms with E-state index in [9.17, 15) is 19.3 Å². The number of hydrogen-bond acceptors (Lipinski definition) is 7. The number of allylic oxidation sites excluding steroid dienone is 20. The fourth-order valence-electron chi connectivity index (χ4n) is 4.40. The molecule has 0 aromatic heterocycles. The number of rotatable bonds is 33. The van der Waals surface area contributed by atoms with Gasteiger partial charge in [0.25, 0.3) is 0 Å². The normalized spacial score (nSPS) is 14.5. The molecule has 0 spiro atoms. The number of aliphatic hydroxyl groups excluding tert-OH is 1. The average Bonchev–Trinajstić information content (AvgIpc) is 3.15. The van der Waals surface area contributed by atoms with Crippen LogP contribution in [0.5, 0.6) is 0 Å². The number of ether oxygens (including phenoxy) is 2. The van der Waals surface area contributed by atoms with Crippen LogP contribution in [-0.2, 0) is 28.2 Å². The first kappa shape index (κ1) is 51.1. The number of esters is 2. The summed E-state index contributed by atoms with van der Waals surface area (Å²) in [4.78, 5) is 42.7. The van der Waals surface area contributed by atoms with Gasteiger partial charge in [-0.15, -0.1) is 0 Å². The molecule has 0 saturated carbocycles. The first-order valence-electron chi connectivity index (χ1n) is 19.6. The molecule has 0 heterocycles. The summed E-state index contributed by atoms with van der Waals surface area (Å²) >= 11 is 0. The zero-order valence-electron chi connectivity index (χ0n) is 33.1. The average molecular weight is 783 g/mol. The Morgan fingerprint density at radius 1 is 0.564 bits per heavy atom.